The molecule has 0 aliphatic heterocycles. The Kier molecular flexibility index (Phi) is 3.67. The minimum absolute atomic E-state index is 0.133. The fraction of sp³-hybridized carbons (Fsp3) is 0.0526. The summed E-state index contributed by atoms with van der Waals surface area (Å²) in [5.41, 5.74) is 3.87. The smallest absolute Gasteiger partial charge is 0.123 e. The SMILES string of the molecule is Fc1ccc2[nH]cc(C(Nc3ccncc3)c3ccncc3)c2c1. The maximum Gasteiger partial charge on any atom is 0.123 e. The van der Waals surface area contributed by atoms with Crippen molar-refractivity contribution in [2.24, 2.45) is 0 Å². The van der Waals surface area contributed by atoms with Gasteiger partial charge in [-0.3, -0.25) is 9.97 Å². The number of pyridine rings is 2. The molecule has 3 aromatic heterocycles. The largest absolute Gasteiger partial charge is 0.374 e. The first-order chi connectivity index (χ1) is 11.8. The highest BCUT2D eigenvalue weighted by Gasteiger charge is 2.18. The van der Waals surface area contributed by atoms with Crippen LogP contribution < -0.4 is 5.32 Å². The van der Waals surface area contributed by atoms with E-state index in [4.69, 9.17) is 0 Å². The molecule has 0 fully saturated rings. The number of H-pyrrole nitrogens is 1. The number of nitrogens with zero attached hydrogens (tertiary/aromatic N) is 2. The molecular weight excluding hydrogens is 303 g/mol. The molecule has 118 valence electrons. The Balaban J connectivity index is 1.84. The Morgan fingerprint density at radius 3 is 2.38 bits per heavy atom. The third-order valence-corrected chi connectivity index (χ3v) is 4.02. The summed E-state index contributed by atoms with van der Waals surface area (Å²) in [5, 5.41) is 4.36. The lowest BCUT2D eigenvalue weighted by Crippen LogP contribution is -2.12. The molecule has 3 heterocycles. The molecule has 0 bridgehead atoms. The highest BCUT2D eigenvalue weighted by molar-refractivity contribution is 5.84. The zero-order chi connectivity index (χ0) is 16.4. The normalized spacial score (nSPS) is 12.2. The Morgan fingerprint density at radius 2 is 1.62 bits per heavy atom. The third kappa shape index (κ3) is 2.72. The van der Waals surface area contributed by atoms with Gasteiger partial charge in [-0.1, -0.05) is 0 Å². The van der Waals surface area contributed by atoms with Crippen LogP contribution in [-0.2, 0) is 0 Å². The lowest BCUT2D eigenvalue weighted by atomic mass is 9.98. The minimum atomic E-state index is -0.249. The number of aromatic amines is 1. The van der Waals surface area contributed by atoms with Crippen molar-refractivity contribution in [2.45, 2.75) is 6.04 Å². The van der Waals surface area contributed by atoms with Crippen molar-refractivity contribution in [3.8, 4) is 0 Å². The van der Waals surface area contributed by atoms with Crippen LogP contribution in [0, 0.1) is 5.82 Å². The molecule has 0 spiro atoms. The molecule has 1 unspecified atom stereocenters. The molecule has 4 aromatic rings. The first-order valence-electron chi connectivity index (χ1n) is 7.64. The quantitative estimate of drug-likeness (QED) is 0.590. The molecule has 0 saturated heterocycles. The fourth-order valence-electron chi connectivity index (χ4n) is 2.86. The Labute approximate surface area is 138 Å². The second-order valence-electron chi connectivity index (χ2n) is 5.53. The number of benzene rings is 1. The van der Waals surface area contributed by atoms with E-state index in [9.17, 15) is 4.39 Å². The van der Waals surface area contributed by atoms with Crippen molar-refractivity contribution in [2.75, 3.05) is 5.32 Å². The van der Waals surface area contributed by atoms with Gasteiger partial charge in [0.15, 0.2) is 0 Å². The van der Waals surface area contributed by atoms with Crippen molar-refractivity contribution in [3.63, 3.8) is 0 Å². The van der Waals surface area contributed by atoms with Crippen LogP contribution in [0.4, 0.5) is 10.1 Å². The average molecular weight is 318 g/mol. The molecule has 0 saturated carbocycles. The van der Waals surface area contributed by atoms with Gasteiger partial charge in [0.25, 0.3) is 0 Å². The number of nitrogens with one attached hydrogen (secondary N) is 2. The summed E-state index contributed by atoms with van der Waals surface area (Å²) in [4.78, 5) is 11.3. The first-order valence-corrected chi connectivity index (χ1v) is 7.64. The molecular formula is C19H15FN4. The van der Waals surface area contributed by atoms with Crippen LogP contribution in [0.5, 0.6) is 0 Å². The van der Waals surface area contributed by atoms with Gasteiger partial charge in [0.05, 0.1) is 6.04 Å². The summed E-state index contributed by atoms with van der Waals surface area (Å²) in [6, 6.07) is 12.4. The fourth-order valence-corrected chi connectivity index (χ4v) is 2.86. The van der Waals surface area contributed by atoms with Crippen molar-refractivity contribution in [3.05, 3.63) is 90.4 Å². The number of hydrogen-bond acceptors (Lipinski definition) is 3. The zero-order valence-corrected chi connectivity index (χ0v) is 12.8. The Hall–Kier alpha value is -3.21. The molecule has 0 aliphatic carbocycles. The Morgan fingerprint density at radius 1 is 0.917 bits per heavy atom. The lowest BCUT2D eigenvalue weighted by molar-refractivity contribution is 0.629. The Bertz CT molecular complexity index is 951. The molecule has 0 radical (unpaired) electrons. The number of fused-ring (bicyclic) bond motifs is 1. The van der Waals surface area contributed by atoms with E-state index in [0.29, 0.717) is 0 Å². The summed E-state index contributed by atoms with van der Waals surface area (Å²) in [7, 11) is 0. The third-order valence-electron chi connectivity index (χ3n) is 4.02. The van der Waals surface area contributed by atoms with Gasteiger partial charge in [-0.25, -0.2) is 4.39 Å². The van der Waals surface area contributed by atoms with Gasteiger partial charge in [-0.15, -0.1) is 0 Å². The van der Waals surface area contributed by atoms with E-state index < -0.39 is 0 Å². The summed E-state index contributed by atoms with van der Waals surface area (Å²) < 4.78 is 13.7. The number of rotatable bonds is 4. The molecule has 5 heteroatoms. The van der Waals surface area contributed by atoms with Gasteiger partial charge in [0, 0.05) is 53.1 Å². The van der Waals surface area contributed by atoms with E-state index in [1.165, 1.54) is 6.07 Å². The average Bonchev–Trinajstić information content (AvgIpc) is 3.04. The molecule has 4 nitrogen and oxygen atoms in total. The van der Waals surface area contributed by atoms with Gasteiger partial charge in [-0.05, 0) is 48.0 Å². The van der Waals surface area contributed by atoms with E-state index in [-0.39, 0.29) is 11.9 Å². The maximum atomic E-state index is 13.7. The summed E-state index contributed by atoms with van der Waals surface area (Å²) >= 11 is 0. The van der Waals surface area contributed by atoms with Crippen LogP contribution >= 0.6 is 0 Å². The number of halogens is 1. The number of aromatic nitrogens is 3. The first kappa shape index (κ1) is 14.4. The van der Waals surface area contributed by atoms with E-state index in [1.807, 2.05) is 30.5 Å². The van der Waals surface area contributed by atoms with Crippen LogP contribution in [0.1, 0.15) is 17.2 Å². The topological polar surface area (TPSA) is 53.6 Å². The maximum absolute atomic E-state index is 13.7. The van der Waals surface area contributed by atoms with Crippen LogP contribution in [-0.4, -0.2) is 15.0 Å². The van der Waals surface area contributed by atoms with E-state index >= 15 is 0 Å². The molecule has 2 N–H and O–H groups in total. The summed E-state index contributed by atoms with van der Waals surface area (Å²) in [6.07, 6.45) is 8.91. The van der Waals surface area contributed by atoms with Gasteiger partial charge in [0.1, 0.15) is 5.82 Å². The van der Waals surface area contributed by atoms with Crippen molar-refractivity contribution in [1.29, 1.82) is 0 Å². The van der Waals surface area contributed by atoms with Gasteiger partial charge >= 0.3 is 0 Å². The number of anilines is 1. The predicted octanol–water partition coefficient (Wildman–Crippen LogP) is 4.30. The zero-order valence-electron chi connectivity index (χ0n) is 12.8. The molecule has 1 aromatic carbocycles. The van der Waals surface area contributed by atoms with Crippen LogP contribution in [0.25, 0.3) is 10.9 Å². The highest BCUT2D eigenvalue weighted by Crippen LogP contribution is 2.32. The summed E-state index contributed by atoms with van der Waals surface area (Å²) in [5.74, 6) is -0.249. The second kappa shape index (κ2) is 6.12. The van der Waals surface area contributed by atoms with E-state index in [2.05, 4.69) is 20.3 Å². The van der Waals surface area contributed by atoms with Crippen LogP contribution in [0.3, 0.4) is 0 Å². The van der Waals surface area contributed by atoms with Crippen LogP contribution in [0.15, 0.2) is 73.4 Å². The molecule has 24 heavy (non-hydrogen) atoms. The van der Waals surface area contributed by atoms with Gasteiger partial charge < -0.3 is 10.3 Å². The standard InChI is InChI=1S/C19H15FN4/c20-14-1-2-18-16(11-14)17(12-23-18)19(13-3-7-21-8-4-13)24-15-5-9-22-10-6-15/h1-12,19,23H,(H,22,24). The molecule has 4 rings (SSSR count). The van der Waals surface area contributed by atoms with Crippen molar-refractivity contribution < 1.29 is 4.39 Å². The lowest BCUT2D eigenvalue weighted by Gasteiger charge is -2.20. The van der Waals surface area contributed by atoms with Crippen LogP contribution in [0.2, 0.25) is 0 Å². The van der Waals surface area contributed by atoms with Crippen molar-refractivity contribution >= 4 is 16.6 Å². The van der Waals surface area contributed by atoms with Gasteiger partial charge in [-0.2, -0.15) is 0 Å². The minimum Gasteiger partial charge on any atom is -0.374 e. The van der Waals surface area contributed by atoms with E-state index in [1.54, 1.807) is 36.9 Å². The van der Waals surface area contributed by atoms with Gasteiger partial charge in [0.2, 0.25) is 0 Å². The molecule has 1 atom stereocenters. The monoisotopic (exact) mass is 318 g/mol. The number of hydrogen-bond donors (Lipinski definition) is 2. The highest BCUT2D eigenvalue weighted by atomic mass is 19.1. The van der Waals surface area contributed by atoms with E-state index in [0.717, 1.165) is 27.7 Å². The molecule has 0 aliphatic rings. The van der Waals surface area contributed by atoms with Crippen molar-refractivity contribution in [1.82, 2.24) is 15.0 Å². The predicted molar refractivity (Wildman–Crippen MR) is 92.2 cm³/mol. The molecule has 0 amide bonds. The summed E-state index contributed by atoms with van der Waals surface area (Å²) in [6.45, 7) is 0. The second-order valence-corrected chi connectivity index (χ2v) is 5.53.